The summed E-state index contributed by atoms with van der Waals surface area (Å²) in [7, 11) is 0. The molecule has 13 heavy (non-hydrogen) atoms. The van der Waals surface area contributed by atoms with E-state index in [-0.39, 0.29) is 12.3 Å². The normalized spacial score (nSPS) is 17.5. The minimum absolute atomic E-state index is 0.169. The van der Waals surface area contributed by atoms with Crippen molar-refractivity contribution in [3.8, 4) is 0 Å². The van der Waals surface area contributed by atoms with Crippen molar-refractivity contribution in [2.24, 2.45) is 11.3 Å². The number of rotatable bonds is 4. The Hall–Kier alpha value is -0.210. The summed E-state index contributed by atoms with van der Waals surface area (Å²) in [6.07, 6.45) is -2.71. The highest BCUT2D eigenvalue weighted by atomic mass is 19.4. The number of hydrogen-bond acceptors (Lipinski definition) is 0. The molecule has 0 heterocycles. The molecule has 0 amide bonds. The van der Waals surface area contributed by atoms with Gasteiger partial charge in [-0.3, -0.25) is 0 Å². The van der Waals surface area contributed by atoms with Crippen LogP contribution in [0.2, 0.25) is 0 Å². The quantitative estimate of drug-likeness (QED) is 0.625. The molecular formula is C10H19F3. The first-order chi connectivity index (χ1) is 5.83. The van der Waals surface area contributed by atoms with E-state index in [4.69, 9.17) is 0 Å². The van der Waals surface area contributed by atoms with Gasteiger partial charge < -0.3 is 0 Å². The highest BCUT2D eigenvalue weighted by Gasteiger charge is 2.52. The first-order valence-electron chi connectivity index (χ1n) is 4.90. The SMILES string of the molecule is CCC(CC)[C@](C)(CC)C(F)(F)F. The monoisotopic (exact) mass is 196 g/mol. The summed E-state index contributed by atoms with van der Waals surface area (Å²) < 4.78 is 38.2. The topological polar surface area (TPSA) is 0 Å². The summed E-state index contributed by atoms with van der Waals surface area (Å²) in [5.41, 5.74) is -1.50. The van der Waals surface area contributed by atoms with Gasteiger partial charge >= 0.3 is 6.18 Å². The number of halogens is 3. The van der Waals surface area contributed by atoms with Gasteiger partial charge in [0.1, 0.15) is 0 Å². The molecule has 0 rings (SSSR count). The largest absolute Gasteiger partial charge is 0.394 e. The Balaban J connectivity index is 4.80. The summed E-state index contributed by atoms with van der Waals surface area (Å²) >= 11 is 0. The second-order valence-electron chi connectivity index (χ2n) is 3.78. The maximum absolute atomic E-state index is 12.7. The van der Waals surface area contributed by atoms with Crippen molar-refractivity contribution in [2.45, 2.75) is 53.1 Å². The molecular weight excluding hydrogens is 177 g/mol. The van der Waals surface area contributed by atoms with Gasteiger partial charge in [-0.15, -0.1) is 0 Å². The molecule has 0 aromatic rings. The molecule has 0 radical (unpaired) electrons. The van der Waals surface area contributed by atoms with Crippen LogP contribution in [0.4, 0.5) is 13.2 Å². The predicted molar refractivity (Wildman–Crippen MR) is 48.5 cm³/mol. The van der Waals surface area contributed by atoms with Crippen LogP contribution in [0.15, 0.2) is 0 Å². The molecule has 80 valence electrons. The molecule has 0 unspecified atom stereocenters. The third-order valence-electron chi connectivity index (χ3n) is 3.27. The zero-order valence-electron chi connectivity index (χ0n) is 8.83. The lowest BCUT2D eigenvalue weighted by Crippen LogP contribution is -2.41. The van der Waals surface area contributed by atoms with Crippen LogP contribution < -0.4 is 0 Å². The van der Waals surface area contributed by atoms with Crippen LogP contribution in [0, 0.1) is 11.3 Å². The van der Waals surface area contributed by atoms with Crippen molar-refractivity contribution in [3.05, 3.63) is 0 Å². The average Bonchev–Trinajstić information content (AvgIpc) is 2.04. The lowest BCUT2D eigenvalue weighted by atomic mass is 9.72. The molecule has 0 aromatic heterocycles. The van der Waals surface area contributed by atoms with E-state index in [1.54, 1.807) is 6.92 Å². The van der Waals surface area contributed by atoms with E-state index in [0.717, 1.165) is 0 Å². The van der Waals surface area contributed by atoms with E-state index >= 15 is 0 Å². The Morgan fingerprint density at radius 2 is 1.38 bits per heavy atom. The minimum atomic E-state index is -4.07. The van der Waals surface area contributed by atoms with Gasteiger partial charge in [0.15, 0.2) is 0 Å². The van der Waals surface area contributed by atoms with Crippen molar-refractivity contribution in [2.75, 3.05) is 0 Å². The molecule has 0 saturated heterocycles. The molecule has 0 aromatic carbocycles. The number of alkyl halides is 3. The van der Waals surface area contributed by atoms with Gasteiger partial charge in [-0.2, -0.15) is 13.2 Å². The summed E-state index contributed by atoms with van der Waals surface area (Å²) in [6, 6.07) is 0. The lowest BCUT2D eigenvalue weighted by Gasteiger charge is -2.37. The Morgan fingerprint density at radius 1 is 1.00 bits per heavy atom. The van der Waals surface area contributed by atoms with Crippen LogP contribution in [0.25, 0.3) is 0 Å². The molecule has 0 nitrogen and oxygen atoms in total. The molecule has 0 saturated carbocycles. The van der Waals surface area contributed by atoms with E-state index in [1.165, 1.54) is 6.92 Å². The zero-order valence-corrected chi connectivity index (χ0v) is 8.83. The highest BCUT2D eigenvalue weighted by molar-refractivity contribution is 4.86. The molecule has 1 atom stereocenters. The van der Waals surface area contributed by atoms with Crippen molar-refractivity contribution >= 4 is 0 Å². The second-order valence-corrected chi connectivity index (χ2v) is 3.78. The maximum Gasteiger partial charge on any atom is 0.394 e. The Morgan fingerprint density at radius 3 is 1.46 bits per heavy atom. The Bertz CT molecular complexity index is 147. The molecule has 0 bridgehead atoms. The van der Waals surface area contributed by atoms with E-state index in [1.807, 2.05) is 13.8 Å². The molecule has 0 aliphatic heterocycles. The maximum atomic E-state index is 12.7. The standard InChI is InChI=1S/C10H19F3/c1-5-8(6-2)9(4,7-3)10(11,12)13/h8H,5-7H2,1-4H3/t9-/m0/s1. The smallest absolute Gasteiger partial charge is 0.171 e. The van der Waals surface area contributed by atoms with Crippen molar-refractivity contribution in [1.82, 2.24) is 0 Å². The molecule has 0 N–H and O–H groups in total. The highest BCUT2D eigenvalue weighted by Crippen LogP contribution is 2.48. The van der Waals surface area contributed by atoms with Crippen LogP contribution in [0.5, 0.6) is 0 Å². The average molecular weight is 196 g/mol. The fourth-order valence-corrected chi connectivity index (χ4v) is 1.91. The van der Waals surface area contributed by atoms with Gasteiger partial charge in [-0.1, -0.05) is 40.5 Å². The summed E-state index contributed by atoms with van der Waals surface area (Å²) in [4.78, 5) is 0. The van der Waals surface area contributed by atoms with Crippen molar-refractivity contribution in [1.29, 1.82) is 0 Å². The van der Waals surface area contributed by atoms with Gasteiger partial charge in [0.05, 0.1) is 5.41 Å². The summed E-state index contributed by atoms with van der Waals surface area (Å²) in [5, 5.41) is 0. The van der Waals surface area contributed by atoms with Gasteiger partial charge in [-0.25, -0.2) is 0 Å². The molecule has 0 aliphatic carbocycles. The van der Waals surface area contributed by atoms with E-state index < -0.39 is 11.6 Å². The third kappa shape index (κ3) is 2.38. The van der Waals surface area contributed by atoms with Crippen LogP contribution in [0.1, 0.15) is 47.0 Å². The van der Waals surface area contributed by atoms with Crippen LogP contribution in [-0.4, -0.2) is 6.18 Å². The minimum Gasteiger partial charge on any atom is -0.171 e. The summed E-state index contributed by atoms with van der Waals surface area (Å²) in [6.45, 7) is 6.61. The van der Waals surface area contributed by atoms with Crippen LogP contribution in [-0.2, 0) is 0 Å². The van der Waals surface area contributed by atoms with Crippen molar-refractivity contribution < 1.29 is 13.2 Å². The third-order valence-corrected chi connectivity index (χ3v) is 3.27. The van der Waals surface area contributed by atoms with E-state index in [0.29, 0.717) is 12.8 Å². The van der Waals surface area contributed by atoms with Gasteiger partial charge in [0, 0.05) is 0 Å². The number of hydrogen-bond donors (Lipinski definition) is 0. The Kier molecular flexibility index (Phi) is 4.27. The first-order valence-corrected chi connectivity index (χ1v) is 4.90. The Labute approximate surface area is 78.5 Å². The van der Waals surface area contributed by atoms with Crippen LogP contribution >= 0.6 is 0 Å². The first kappa shape index (κ1) is 12.8. The van der Waals surface area contributed by atoms with Gasteiger partial charge in [0.25, 0.3) is 0 Å². The predicted octanol–water partition coefficient (Wildman–Crippen LogP) is 4.40. The molecule has 0 fully saturated rings. The second kappa shape index (κ2) is 4.34. The molecule has 0 spiro atoms. The fourth-order valence-electron chi connectivity index (χ4n) is 1.91. The lowest BCUT2D eigenvalue weighted by molar-refractivity contribution is -0.238. The van der Waals surface area contributed by atoms with Crippen molar-refractivity contribution in [3.63, 3.8) is 0 Å². The fraction of sp³-hybridized carbons (Fsp3) is 1.00. The van der Waals surface area contributed by atoms with Gasteiger partial charge in [0.2, 0.25) is 0 Å². The van der Waals surface area contributed by atoms with E-state index in [9.17, 15) is 13.2 Å². The molecule has 3 heteroatoms. The van der Waals surface area contributed by atoms with Gasteiger partial charge in [-0.05, 0) is 12.3 Å². The van der Waals surface area contributed by atoms with E-state index in [2.05, 4.69) is 0 Å². The zero-order chi connectivity index (χ0) is 10.7. The van der Waals surface area contributed by atoms with Crippen LogP contribution in [0.3, 0.4) is 0 Å². The summed E-state index contributed by atoms with van der Waals surface area (Å²) in [5.74, 6) is -0.252. The molecule has 0 aliphatic rings.